The van der Waals surface area contributed by atoms with Gasteiger partial charge in [-0.15, -0.1) is 22.7 Å². The van der Waals surface area contributed by atoms with Gasteiger partial charge in [0.05, 0.1) is 5.92 Å². The Kier molecular flexibility index (Phi) is 5.21. The van der Waals surface area contributed by atoms with Crippen LogP contribution in [0, 0.1) is 36.0 Å². The summed E-state index contributed by atoms with van der Waals surface area (Å²) in [6.45, 7) is 6.64. The van der Waals surface area contributed by atoms with E-state index in [1.54, 1.807) is 22.7 Å². The van der Waals surface area contributed by atoms with Crippen molar-refractivity contribution < 1.29 is 14.7 Å². The first kappa shape index (κ1) is 21.1. The largest absolute Gasteiger partial charge is 0.481 e. The Morgan fingerprint density at radius 2 is 1.90 bits per heavy atom. The minimum absolute atomic E-state index is 0.00475. The molecule has 0 spiro atoms. The zero-order valence-electron chi connectivity index (χ0n) is 18.3. The van der Waals surface area contributed by atoms with Gasteiger partial charge in [0.15, 0.2) is 0 Å². The molecule has 1 fully saturated rings. The lowest BCUT2D eigenvalue weighted by molar-refractivity contribution is -0.152. The fourth-order valence-electron chi connectivity index (χ4n) is 5.85. The van der Waals surface area contributed by atoms with Crippen LogP contribution in [-0.2, 0) is 28.9 Å². The molecule has 0 aromatic carbocycles. The topological polar surface area (TPSA) is 67.3 Å². The zero-order chi connectivity index (χ0) is 21.9. The van der Waals surface area contributed by atoms with Crippen LogP contribution in [-0.4, -0.2) is 21.8 Å². The van der Waals surface area contributed by atoms with E-state index in [4.69, 9.17) is 4.98 Å². The maximum absolute atomic E-state index is 13.6. The molecule has 164 valence electrons. The van der Waals surface area contributed by atoms with Crippen molar-refractivity contribution >= 4 is 34.4 Å². The molecule has 4 atom stereocenters. The highest BCUT2D eigenvalue weighted by Gasteiger charge is 2.48. The fourth-order valence-corrected chi connectivity index (χ4v) is 8.43. The van der Waals surface area contributed by atoms with E-state index in [1.165, 1.54) is 16.0 Å². The SMILES string of the molecule is Cc1csc(-c2c(CC(=O)C3C4C=CC(CC4)C3C(=O)O)sc3c2CCC(C)(C)C3)n1. The maximum atomic E-state index is 13.6. The Morgan fingerprint density at radius 1 is 1.19 bits per heavy atom. The van der Waals surface area contributed by atoms with Crippen LogP contribution in [0.5, 0.6) is 0 Å². The number of aliphatic carboxylic acids is 1. The van der Waals surface area contributed by atoms with Crippen LogP contribution in [0.3, 0.4) is 0 Å². The lowest BCUT2D eigenvalue weighted by Gasteiger charge is -2.42. The van der Waals surface area contributed by atoms with E-state index in [0.717, 1.165) is 47.7 Å². The van der Waals surface area contributed by atoms with Gasteiger partial charge in [0.2, 0.25) is 0 Å². The number of hydrogen-bond acceptors (Lipinski definition) is 5. The van der Waals surface area contributed by atoms with Crippen molar-refractivity contribution in [2.24, 2.45) is 29.1 Å². The summed E-state index contributed by atoms with van der Waals surface area (Å²) in [4.78, 5) is 32.9. The van der Waals surface area contributed by atoms with E-state index < -0.39 is 17.8 Å². The minimum Gasteiger partial charge on any atom is -0.481 e. The molecule has 0 radical (unpaired) electrons. The first-order chi connectivity index (χ1) is 14.7. The van der Waals surface area contributed by atoms with E-state index in [9.17, 15) is 14.7 Å². The van der Waals surface area contributed by atoms with Gasteiger partial charge in [0.25, 0.3) is 0 Å². The molecule has 1 saturated carbocycles. The van der Waals surface area contributed by atoms with Crippen molar-refractivity contribution in [2.45, 2.75) is 59.3 Å². The molecule has 2 bridgehead atoms. The monoisotopic (exact) mass is 455 g/mol. The van der Waals surface area contributed by atoms with Crippen molar-refractivity contribution in [3.8, 4) is 10.6 Å². The standard InChI is InChI=1S/C25H29NO3S2/c1-13-12-30-23(26-13)22-16-8-9-25(2,3)11-19(16)31-18(22)10-17(27)20-14-4-6-15(7-5-14)21(20)24(28)29/h4,6,12,14-15,20-21H,5,7-11H2,1-3H3,(H,28,29). The predicted molar refractivity (Wildman–Crippen MR) is 125 cm³/mol. The van der Waals surface area contributed by atoms with Gasteiger partial charge in [-0.3, -0.25) is 9.59 Å². The number of ketones is 1. The van der Waals surface area contributed by atoms with Crippen LogP contribution in [0.15, 0.2) is 17.5 Å². The number of nitrogens with zero attached hydrogens (tertiary/aromatic N) is 1. The van der Waals surface area contributed by atoms with Crippen LogP contribution in [0.25, 0.3) is 10.6 Å². The number of Topliss-reactive ketones (excluding diaryl/α,β-unsaturated/α-hetero) is 1. The van der Waals surface area contributed by atoms with Crippen LogP contribution in [0.2, 0.25) is 0 Å². The molecule has 4 unspecified atom stereocenters. The number of carbonyl (C=O) groups is 2. The van der Waals surface area contributed by atoms with E-state index >= 15 is 0 Å². The smallest absolute Gasteiger partial charge is 0.307 e. The Bertz CT molecular complexity index is 1080. The minimum atomic E-state index is -0.819. The number of allylic oxidation sites excluding steroid dienone is 2. The number of aryl methyl sites for hydroxylation is 1. The molecule has 2 heterocycles. The molecule has 1 N–H and O–H groups in total. The lowest BCUT2D eigenvalue weighted by atomic mass is 9.60. The first-order valence-electron chi connectivity index (χ1n) is 11.2. The average Bonchev–Trinajstić information content (AvgIpc) is 3.29. The molecular formula is C25H29NO3S2. The van der Waals surface area contributed by atoms with Gasteiger partial charge in [0.1, 0.15) is 10.8 Å². The molecule has 0 saturated heterocycles. The molecule has 2 aromatic heterocycles. The molecule has 0 amide bonds. The van der Waals surface area contributed by atoms with Crippen LogP contribution in [0.4, 0.5) is 0 Å². The predicted octanol–water partition coefficient (Wildman–Crippen LogP) is 5.72. The van der Waals surface area contributed by atoms with E-state index in [-0.39, 0.29) is 23.0 Å². The third-order valence-electron chi connectivity index (χ3n) is 7.43. The van der Waals surface area contributed by atoms with Gasteiger partial charge in [-0.25, -0.2) is 4.98 Å². The number of carboxylic acid groups (broad SMARTS) is 1. The second-order valence-electron chi connectivity index (χ2n) is 10.3. The van der Waals surface area contributed by atoms with Gasteiger partial charge < -0.3 is 5.11 Å². The maximum Gasteiger partial charge on any atom is 0.307 e. The number of thiazole rings is 1. The quantitative estimate of drug-likeness (QED) is 0.586. The molecule has 4 nitrogen and oxygen atoms in total. The van der Waals surface area contributed by atoms with Gasteiger partial charge in [-0.1, -0.05) is 26.0 Å². The fraction of sp³-hybridized carbons (Fsp3) is 0.560. The molecule has 0 aliphatic heterocycles. The highest BCUT2D eigenvalue weighted by atomic mass is 32.1. The second-order valence-corrected chi connectivity index (χ2v) is 12.3. The normalized spacial score (nSPS) is 28.5. The molecule has 4 aliphatic rings. The van der Waals surface area contributed by atoms with Gasteiger partial charge in [0, 0.05) is 38.7 Å². The Labute approximate surface area is 191 Å². The number of rotatable bonds is 5. The number of aromatic nitrogens is 1. The third kappa shape index (κ3) is 3.72. The molecule has 31 heavy (non-hydrogen) atoms. The number of carboxylic acids is 1. The molecular weight excluding hydrogens is 426 g/mol. The average molecular weight is 456 g/mol. The van der Waals surface area contributed by atoms with Crippen molar-refractivity contribution in [1.82, 2.24) is 4.98 Å². The Morgan fingerprint density at radius 3 is 2.52 bits per heavy atom. The highest BCUT2D eigenvalue weighted by Crippen LogP contribution is 2.49. The van der Waals surface area contributed by atoms with E-state index in [0.29, 0.717) is 6.42 Å². The van der Waals surface area contributed by atoms with Gasteiger partial charge >= 0.3 is 5.97 Å². The van der Waals surface area contributed by atoms with E-state index in [2.05, 4.69) is 25.3 Å². The number of hydrogen-bond donors (Lipinski definition) is 1. The zero-order valence-corrected chi connectivity index (χ0v) is 19.9. The van der Waals surface area contributed by atoms with Crippen molar-refractivity contribution in [3.63, 3.8) is 0 Å². The summed E-state index contributed by atoms with van der Waals surface area (Å²) < 4.78 is 0. The first-order valence-corrected chi connectivity index (χ1v) is 12.9. The van der Waals surface area contributed by atoms with Crippen molar-refractivity contribution in [2.75, 3.05) is 0 Å². The number of carbonyl (C=O) groups excluding carboxylic acids is 1. The van der Waals surface area contributed by atoms with Crippen LogP contribution < -0.4 is 0 Å². The molecule has 6 rings (SSSR count). The summed E-state index contributed by atoms with van der Waals surface area (Å²) in [6.07, 6.45) is 9.47. The summed E-state index contributed by atoms with van der Waals surface area (Å²) in [5.41, 5.74) is 3.83. The van der Waals surface area contributed by atoms with Crippen LogP contribution in [0.1, 0.15) is 54.1 Å². The van der Waals surface area contributed by atoms with Gasteiger partial charge in [-0.05, 0) is 61.8 Å². The molecule has 2 aromatic rings. The number of thiophene rings is 1. The summed E-state index contributed by atoms with van der Waals surface area (Å²) in [5.74, 6) is -1.63. The van der Waals surface area contributed by atoms with Crippen molar-refractivity contribution in [1.29, 1.82) is 0 Å². The highest BCUT2D eigenvalue weighted by molar-refractivity contribution is 7.15. The summed E-state index contributed by atoms with van der Waals surface area (Å²) >= 11 is 3.42. The molecule has 4 aliphatic carbocycles. The summed E-state index contributed by atoms with van der Waals surface area (Å²) in [5, 5.41) is 13.0. The summed E-state index contributed by atoms with van der Waals surface area (Å²) in [6, 6.07) is 0. The molecule has 6 heteroatoms. The van der Waals surface area contributed by atoms with Crippen LogP contribution >= 0.6 is 22.7 Å². The Hall–Kier alpha value is -1.79. The van der Waals surface area contributed by atoms with Gasteiger partial charge in [-0.2, -0.15) is 0 Å². The number of fused-ring (bicyclic) bond motifs is 3. The third-order valence-corrected chi connectivity index (χ3v) is 9.64. The Balaban J connectivity index is 1.52. The summed E-state index contributed by atoms with van der Waals surface area (Å²) in [7, 11) is 0. The lowest BCUT2D eigenvalue weighted by Crippen LogP contribution is -2.45. The van der Waals surface area contributed by atoms with E-state index in [1.807, 2.05) is 13.0 Å². The second kappa shape index (κ2) is 7.66. The van der Waals surface area contributed by atoms with Crippen molar-refractivity contribution in [3.05, 3.63) is 38.5 Å².